The van der Waals surface area contributed by atoms with Gasteiger partial charge >= 0.3 is 0 Å². The monoisotopic (exact) mass is 298 g/mol. The quantitative estimate of drug-likeness (QED) is 0.943. The van der Waals surface area contributed by atoms with Crippen LogP contribution in [0.25, 0.3) is 11.3 Å². The summed E-state index contributed by atoms with van der Waals surface area (Å²) in [5, 5.41) is 0. The van der Waals surface area contributed by atoms with Crippen LogP contribution in [0, 0.1) is 5.92 Å². The molecule has 0 saturated carbocycles. The molecule has 0 unspecified atom stereocenters. The van der Waals surface area contributed by atoms with E-state index in [1.165, 1.54) is 0 Å². The lowest BCUT2D eigenvalue weighted by Gasteiger charge is -2.16. The van der Waals surface area contributed by atoms with Crippen molar-refractivity contribution in [1.29, 1.82) is 0 Å². The molecule has 1 saturated heterocycles. The molecule has 1 aliphatic heterocycles. The average Bonchev–Trinajstić information content (AvgIpc) is 3.18. The van der Waals surface area contributed by atoms with Crippen molar-refractivity contribution in [2.24, 2.45) is 11.7 Å². The Bertz CT molecular complexity index is 636. The van der Waals surface area contributed by atoms with Crippen molar-refractivity contribution in [2.75, 3.05) is 13.1 Å². The first-order chi connectivity index (χ1) is 10.7. The molecule has 116 valence electrons. The second-order valence-electron chi connectivity index (χ2n) is 5.98. The van der Waals surface area contributed by atoms with Gasteiger partial charge in [0.25, 0.3) is 5.91 Å². The van der Waals surface area contributed by atoms with Crippen molar-refractivity contribution < 1.29 is 9.21 Å². The Morgan fingerprint density at radius 2 is 2.18 bits per heavy atom. The fourth-order valence-electron chi connectivity index (χ4n) is 3.17. The van der Waals surface area contributed by atoms with Crippen LogP contribution in [0.4, 0.5) is 0 Å². The summed E-state index contributed by atoms with van der Waals surface area (Å²) in [7, 11) is 0. The van der Waals surface area contributed by atoms with Gasteiger partial charge in [-0.15, -0.1) is 0 Å². The van der Waals surface area contributed by atoms with Gasteiger partial charge in [0.2, 0.25) is 0 Å². The van der Waals surface area contributed by atoms with Gasteiger partial charge in [0.15, 0.2) is 0 Å². The van der Waals surface area contributed by atoms with Gasteiger partial charge in [0, 0.05) is 30.3 Å². The molecule has 0 radical (unpaired) electrons. The third-order valence-corrected chi connectivity index (χ3v) is 4.35. The molecule has 4 nitrogen and oxygen atoms in total. The van der Waals surface area contributed by atoms with Crippen LogP contribution in [0.1, 0.15) is 30.1 Å². The predicted octanol–water partition coefficient (Wildman–Crippen LogP) is 3.15. The fourth-order valence-corrected chi connectivity index (χ4v) is 3.17. The highest BCUT2D eigenvalue weighted by Gasteiger charge is 2.32. The molecule has 1 fully saturated rings. The van der Waals surface area contributed by atoms with Crippen molar-refractivity contribution in [1.82, 2.24) is 4.90 Å². The van der Waals surface area contributed by atoms with E-state index in [1.54, 1.807) is 6.26 Å². The topological polar surface area (TPSA) is 59.5 Å². The Hall–Kier alpha value is -2.07. The van der Waals surface area contributed by atoms with Gasteiger partial charge in [-0.1, -0.05) is 25.5 Å². The SMILES string of the molecule is CCC[C@H]1CN(C(=O)c2cccc(-c3ccco3)c2)C[C@@H]1N. The Balaban J connectivity index is 1.77. The predicted molar refractivity (Wildman–Crippen MR) is 86.4 cm³/mol. The smallest absolute Gasteiger partial charge is 0.253 e. The van der Waals surface area contributed by atoms with Crippen molar-refractivity contribution in [3.8, 4) is 11.3 Å². The summed E-state index contributed by atoms with van der Waals surface area (Å²) in [4.78, 5) is 14.6. The van der Waals surface area contributed by atoms with Crippen molar-refractivity contribution >= 4 is 5.91 Å². The molecule has 3 rings (SSSR count). The zero-order chi connectivity index (χ0) is 15.5. The number of hydrogen-bond acceptors (Lipinski definition) is 3. The van der Waals surface area contributed by atoms with Gasteiger partial charge in [-0.3, -0.25) is 4.79 Å². The van der Waals surface area contributed by atoms with Crippen LogP contribution < -0.4 is 5.73 Å². The molecule has 0 spiro atoms. The summed E-state index contributed by atoms with van der Waals surface area (Å²) in [6, 6.07) is 11.4. The highest BCUT2D eigenvalue weighted by Crippen LogP contribution is 2.24. The Morgan fingerprint density at radius 3 is 2.91 bits per heavy atom. The van der Waals surface area contributed by atoms with Crippen LogP contribution in [0.15, 0.2) is 47.1 Å². The van der Waals surface area contributed by atoms with Crippen LogP contribution >= 0.6 is 0 Å². The van der Waals surface area contributed by atoms with Gasteiger partial charge in [-0.05, 0) is 36.6 Å². The van der Waals surface area contributed by atoms with E-state index < -0.39 is 0 Å². The number of nitrogens with two attached hydrogens (primary N) is 1. The molecule has 0 aliphatic carbocycles. The van der Waals surface area contributed by atoms with E-state index in [9.17, 15) is 4.79 Å². The number of carbonyl (C=O) groups is 1. The number of benzene rings is 1. The summed E-state index contributed by atoms with van der Waals surface area (Å²) in [6.45, 7) is 3.57. The minimum absolute atomic E-state index is 0.0578. The molecular weight excluding hydrogens is 276 g/mol. The molecule has 0 bridgehead atoms. The van der Waals surface area contributed by atoms with Crippen molar-refractivity contribution in [3.63, 3.8) is 0 Å². The van der Waals surface area contributed by atoms with Crippen molar-refractivity contribution in [3.05, 3.63) is 48.2 Å². The van der Waals surface area contributed by atoms with E-state index in [4.69, 9.17) is 10.2 Å². The first-order valence-electron chi connectivity index (χ1n) is 7.88. The molecule has 1 amide bonds. The first kappa shape index (κ1) is 14.9. The lowest BCUT2D eigenvalue weighted by atomic mass is 9.99. The van der Waals surface area contributed by atoms with Gasteiger partial charge in [0.05, 0.1) is 6.26 Å². The molecule has 2 heterocycles. The lowest BCUT2D eigenvalue weighted by Crippen LogP contribution is -2.32. The molecule has 2 N–H and O–H groups in total. The number of likely N-dealkylation sites (tertiary alicyclic amines) is 1. The third-order valence-electron chi connectivity index (χ3n) is 4.35. The molecular formula is C18H22N2O2. The zero-order valence-corrected chi connectivity index (χ0v) is 12.9. The van der Waals surface area contributed by atoms with E-state index >= 15 is 0 Å². The number of amides is 1. The molecule has 22 heavy (non-hydrogen) atoms. The van der Waals surface area contributed by atoms with E-state index in [0.717, 1.165) is 30.7 Å². The highest BCUT2D eigenvalue weighted by molar-refractivity contribution is 5.95. The maximum absolute atomic E-state index is 12.7. The van der Waals surface area contributed by atoms with Gasteiger partial charge < -0.3 is 15.1 Å². The number of rotatable bonds is 4. The zero-order valence-electron chi connectivity index (χ0n) is 12.9. The summed E-state index contributed by atoms with van der Waals surface area (Å²) < 4.78 is 5.40. The lowest BCUT2D eigenvalue weighted by molar-refractivity contribution is 0.0785. The van der Waals surface area contributed by atoms with E-state index in [2.05, 4.69) is 6.92 Å². The average molecular weight is 298 g/mol. The minimum atomic E-state index is 0.0578. The van der Waals surface area contributed by atoms with Gasteiger partial charge in [-0.2, -0.15) is 0 Å². The third kappa shape index (κ3) is 2.92. The maximum Gasteiger partial charge on any atom is 0.253 e. The second kappa shape index (κ2) is 6.36. The van der Waals surface area contributed by atoms with Crippen LogP contribution in [0.3, 0.4) is 0 Å². The maximum atomic E-state index is 12.7. The second-order valence-corrected chi connectivity index (χ2v) is 5.98. The number of hydrogen-bond donors (Lipinski definition) is 1. The highest BCUT2D eigenvalue weighted by atomic mass is 16.3. The van der Waals surface area contributed by atoms with Crippen molar-refractivity contribution in [2.45, 2.75) is 25.8 Å². The first-order valence-corrected chi connectivity index (χ1v) is 7.88. The largest absolute Gasteiger partial charge is 0.464 e. The molecule has 2 aromatic rings. The van der Waals surface area contributed by atoms with Gasteiger partial charge in [0.1, 0.15) is 5.76 Å². The van der Waals surface area contributed by atoms with E-state index in [-0.39, 0.29) is 11.9 Å². The van der Waals surface area contributed by atoms with Crippen LogP contribution in [0.5, 0.6) is 0 Å². The van der Waals surface area contributed by atoms with Crippen LogP contribution in [-0.4, -0.2) is 29.9 Å². The number of nitrogens with zero attached hydrogens (tertiary/aromatic N) is 1. The minimum Gasteiger partial charge on any atom is -0.464 e. The summed E-state index contributed by atoms with van der Waals surface area (Å²) in [5.74, 6) is 1.25. The molecule has 1 aliphatic rings. The van der Waals surface area contributed by atoms with Gasteiger partial charge in [-0.25, -0.2) is 0 Å². The molecule has 1 aromatic carbocycles. The Morgan fingerprint density at radius 1 is 1.32 bits per heavy atom. The van der Waals surface area contributed by atoms with Crippen LogP contribution in [0.2, 0.25) is 0 Å². The fraction of sp³-hybridized carbons (Fsp3) is 0.389. The molecule has 1 aromatic heterocycles. The standard InChI is InChI=1S/C18H22N2O2/c1-2-5-15-11-20(12-16(15)19)18(21)14-7-3-6-13(10-14)17-8-4-9-22-17/h3-4,6-10,15-16H,2,5,11-12,19H2,1H3/t15-,16-/m0/s1. The number of furan rings is 1. The molecule has 4 heteroatoms. The van der Waals surface area contributed by atoms with Crippen LogP contribution in [-0.2, 0) is 0 Å². The van der Waals surface area contributed by atoms with E-state index in [1.807, 2.05) is 41.3 Å². The summed E-state index contributed by atoms with van der Waals surface area (Å²) in [6.07, 6.45) is 3.82. The normalized spacial score (nSPS) is 21.3. The summed E-state index contributed by atoms with van der Waals surface area (Å²) >= 11 is 0. The molecule has 2 atom stereocenters. The number of carbonyl (C=O) groups excluding carboxylic acids is 1. The summed E-state index contributed by atoms with van der Waals surface area (Å²) in [5.41, 5.74) is 7.78. The Labute approximate surface area is 130 Å². The Kier molecular flexibility index (Phi) is 4.29. The van der Waals surface area contributed by atoms with E-state index in [0.29, 0.717) is 18.0 Å².